The minimum absolute atomic E-state index is 0.354. The van der Waals surface area contributed by atoms with Crippen LogP contribution in [0.2, 0.25) is 0 Å². The molecule has 2 N–H and O–H groups in total. The number of aryl methyl sites for hydroxylation is 2. The van der Waals surface area contributed by atoms with Crippen molar-refractivity contribution in [3.63, 3.8) is 0 Å². The van der Waals surface area contributed by atoms with Crippen LogP contribution in [-0.4, -0.2) is 21.9 Å². The third-order valence-corrected chi connectivity index (χ3v) is 2.99. The zero-order chi connectivity index (χ0) is 10.8. The Bertz CT molecular complexity index is 329. The van der Waals surface area contributed by atoms with E-state index in [0.29, 0.717) is 18.8 Å². The first-order chi connectivity index (χ1) is 7.19. The van der Waals surface area contributed by atoms with E-state index in [9.17, 15) is 0 Å². The monoisotopic (exact) mass is 209 g/mol. The average molecular weight is 209 g/mol. The van der Waals surface area contributed by atoms with E-state index in [-0.39, 0.29) is 0 Å². The lowest BCUT2D eigenvalue weighted by Crippen LogP contribution is -2.41. The summed E-state index contributed by atoms with van der Waals surface area (Å²) < 4.78 is 7.63. The molecular formula is C11H19N3O. The molecule has 1 saturated carbocycles. The molecule has 1 aliphatic carbocycles. The molecule has 1 aromatic heterocycles. The lowest BCUT2D eigenvalue weighted by atomic mass is 9.90. The summed E-state index contributed by atoms with van der Waals surface area (Å²) in [6.07, 6.45) is 3.33. The van der Waals surface area contributed by atoms with Gasteiger partial charge in [-0.05, 0) is 25.3 Å². The van der Waals surface area contributed by atoms with E-state index in [1.165, 1.54) is 0 Å². The van der Waals surface area contributed by atoms with Crippen molar-refractivity contribution in [2.45, 2.75) is 44.9 Å². The topological polar surface area (TPSA) is 53.1 Å². The van der Waals surface area contributed by atoms with Gasteiger partial charge in [0, 0.05) is 13.1 Å². The Morgan fingerprint density at radius 3 is 2.87 bits per heavy atom. The van der Waals surface area contributed by atoms with Crippen molar-refractivity contribution in [2.24, 2.45) is 12.8 Å². The average Bonchev–Trinajstić information content (AvgIpc) is 2.52. The SMILES string of the molecule is CCc1cc(COC2CC(N)C2)n(C)n1. The van der Waals surface area contributed by atoms with Gasteiger partial charge in [-0.15, -0.1) is 0 Å². The van der Waals surface area contributed by atoms with Crippen molar-refractivity contribution in [3.05, 3.63) is 17.5 Å². The van der Waals surface area contributed by atoms with Crippen LogP contribution in [0.4, 0.5) is 0 Å². The zero-order valence-corrected chi connectivity index (χ0v) is 9.44. The summed E-state index contributed by atoms with van der Waals surface area (Å²) in [6, 6.07) is 2.46. The summed E-state index contributed by atoms with van der Waals surface area (Å²) in [6.45, 7) is 2.76. The van der Waals surface area contributed by atoms with Gasteiger partial charge in [0.2, 0.25) is 0 Å². The molecule has 0 aliphatic heterocycles. The van der Waals surface area contributed by atoms with E-state index in [2.05, 4.69) is 18.1 Å². The van der Waals surface area contributed by atoms with Gasteiger partial charge in [0.15, 0.2) is 0 Å². The van der Waals surface area contributed by atoms with Crippen LogP contribution >= 0.6 is 0 Å². The summed E-state index contributed by atoms with van der Waals surface area (Å²) in [5, 5.41) is 4.38. The highest BCUT2D eigenvalue weighted by molar-refractivity contribution is 5.09. The van der Waals surface area contributed by atoms with E-state index in [0.717, 1.165) is 30.7 Å². The van der Waals surface area contributed by atoms with E-state index >= 15 is 0 Å². The summed E-state index contributed by atoms with van der Waals surface area (Å²) in [7, 11) is 1.96. The molecule has 0 radical (unpaired) electrons. The number of nitrogens with zero attached hydrogens (tertiary/aromatic N) is 2. The Hall–Kier alpha value is -0.870. The van der Waals surface area contributed by atoms with Gasteiger partial charge in [0.05, 0.1) is 24.1 Å². The molecule has 0 bridgehead atoms. The van der Waals surface area contributed by atoms with Gasteiger partial charge >= 0.3 is 0 Å². The minimum Gasteiger partial charge on any atom is -0.372 e. The van der Waals surface area contributed by atoms with Crippen LogP contribution in [0.5, 0.6) is 0 Å². The first-order valence-electron chi connectivity index (χ1n) is 5.58. The van der Waals surface area contributed by atoms with Crippen molar-refractivity contribution in [3.8, 4) is 0 Å². The van der Waals surface area contributed by atoms with Crippen LogP contribution in [0.1, 0.15) is 31.2 Å². The Morgan fingerprint density at radius 1 is 1.60 bits per heavy atom. The highest BCUT2D eigenvalue weighted by atomic mass is 16.5. The molecule has 0 saturated heterocycles. The lowest BCUT2D eigenvalue weighted by Gasteiger charge is -2.32. The van der Waals surface area contributed by atoms with Gasteiger partial charge in [-0.3, -0.25) is 4.68 Å². The highest BCUT2D eigenvalue weighted by Crippen LogP contribution is 2.22. The Balaban J connectivity index is 1.85. The van der Waals surface area contributed by atoms with E-state index < -0.39 is 0 Å². The zero-order valence-electron chi connectivity index (χ0n) is 9.44. The Kier molecular flexibility index (Phi) is 3.07. The van der Waals surface area contributed by atoms with Gasteiger partial charge in [-0.25, -0.2) is 0 Å². The highest BCUT2D eigenvalue weighted by Gasteiger charge is 2.26. The number of ether oxygens (including phenoxy) is 1. The molecule has 1 heterocycles. The predicted molar refractivity (Wildman–Crippen MR) is 58.4 cm³/mol. The largest absolute Gasteiger partial charge is 0.372 e. The standard InChI is InChI=1S/C11H19N3O/c1-3-9-6-10(14(2)13-9)7-15-11-4-8(12)5-11/h6,8,11H,3-5,7,12H2,1-2H3. The fraction of sp³-hybridized carbons (Fsp3) is 0.727. The molecule has 1 aromatic rings. The van der Waals surface area contributed by atoms with Crippen molar-refractivity contribution in [1.29, 1.82) is 0 Å². The Morgan fingerprint density at radius 2 is 2.33 bits per heavy atom. The maximum atomic E-state index is 5.73. The second-order valence-electron chi connectivity index (χ2n) is 4.27. The predicted octanol–water partition coefficient (Wildman–Crippen LogP) is 0.989. The maximum absolute atomic E-state index is 5.73. The normalized spacial score (nSPS) is 25.3. The first-order valence-corrected chi connectivity index (χ1v) is 5.58. The number of nitrogens with two attached hydrogens (primary N) is 1. The molecule has 0 amide bonds. The van der Waals surface area contributed by atoms with Crippen molar-refractivity contribution < 1.29 is 4.74 Å². The summed E-state index contributed by atoms with van der Waals surface area (Å²) in [5.74, 6) is 0. The summed E-state index contributed by atoms with van der Waals surface area (Å²) >= 11 is 0. The molecule has 15 heavy (non-hydrogen) atoms. The van der Waals surface area contributed by atoms with Gasteiger partial charge in [-0.2, -0.15) is 5.10 Å². The van der Waals surface area contributed by atoms with E-state index in [4.69, 9.17) is 10.5 Å². The molecule has 84 valence electrons. The second kappa shape index (κ2) is 4.33. The van der Waals surface area contributed by atoms with Crippen molar-refractivity contribution in [1.82, 2.24) is 9.78 Å². The van der Waals surface area contributed by atoms with Crippen molar-refractivity contribution in [2.75, 3.05) is 0 Å². The summed E-state index contributed by atoms with van der Waals surface area (Å²) in [5.41, 5.74) is 7.97. The lowest BCUT2D eigenvalue weighted by molar-refractivity contribution is -0.0212. The number of rotatable bonds is 4. The van der Waals surface area contributed by atoms with Crippen LogP contribution in [0.15, 0.2) is 6.07 Å². The first kappa shape index (κ1) is 10.6. The quantitative estimate of drug-likeness (QED) is 0.804. The molecule has 0 spiro atoms. The molecule has 0 unspecified atom stereocenters. The molecule has 4 nitrogen and oxygen atoms in total. The number of hydrogen-bond donors (Lipinski definition) is 1. The van der Waals surface area contributed by atoms with Crippen LogP contribution in [-0.2, 0) is 24.8 Å². The molecule has 0 atom stereocenters. The molecule has 1 fully saturated rings. The smallest absolute Gasteiger partial charge is 0.0888 e. The van der Waals surface area contributed by atoms with Gasteiger partial charge in [0.1, 0.15) is 0 Å². The molecule has 0 aromatic carbocycles. The third kappa shape index (κ3) is 2.38. The molecule has 1 aliphatic rings. The fourth-order valence-electron chi connectivity index (χ4n) is 1.82. The van der Waals surface area contributed by atoms with Gasteiger partial charge in [0.25, 0.3) is 0 Å². The van der Waals surface area contributed by atoms with Crippen molar-refractivity contribution >= 4 is 0 Å². The van der Waals surface area contributed by atoms with Crippen LogP contribution in [0.3, 0.4) is 0 Å². The van der Waals surface area contributed by atoms with Gasteiger partial charge in [-0.1, -0.05) is 6.92 Å². The second-order valence-corrected chi connectivity index (χ2v) is 4.27. The fourth-order valence-corrected chi connectivity index (χ4v) is 1.82. The summed E-state index contributed by atoms with van der Waals surface area (Å²) in [4.78, 5) is 0. The number of hydrogen-bond acceptors (Lipinski definition) is 3. The van der Waals surface area contributed by atoms with E-state index in [1.54, 1.807) is 0 Å². The van der Waals surface area contributed by atoms with Crippen LogP contribution in [0.25, 0.3) is 0 Å². The van der Waals surface area contributed by atoms with Gasteiger partial charge < -0.3 is 10.5 Å². The molecule has 2 rings (SSSR count). The van der Waals surface area contributed by atoms with Crippen LogP contribution < -0.4 is 5.73 Å². The maximum Gasteiger partial charge on any atom is 0.0888 e. The molecule has 4 heteroatoms. The van der Waals surface area contributed by atoms with E-state index in [1.807, 2.05) is 11.7 Å². The molecular weight excluding hydrogens is 190 g/mol. The minimum atomic E-state index is 0.354. The van der Waals surface area contributed by atoms with Crippen LogP contribution in [0, 0.1) is 0 Å². The third-order valence-electron chi connectivity index (χ3n) is 2.99. The Labute approximate surface area is 90.4 Å². The number of aromatic nitrogens is 2.